The van der Waals surface area contributed by atoms with Crippen LogP contribution in [0.5, 0.6) is 0 Å². The fourth-order valence-electron chi connectivity index (χ4n) is 4.68. The average molecular weight is 517 g/mol. The number of unbranched alkanes of at least 4 members (excludes halogenated alkanes) is 2. The van der Waals surface area contributed by atoms with Crippen LogP contribution in [0, 0.1) is 11.8 Å². The van der Waals surface area contributed by atoms with Crippen LogP contribution in [0.3, 0.4) is 0 Å². The fourth-order valence-corrected chi connectivity index (χ4v) is 4.68. The minimum absolute atomic E-state index is 0.000700. The van der Waals surface area contributed by atoms with Crippen LogP contribution in [0.4, 0.5) is 0 Å². The normalized spacial score (nSPS) is 17.3. The minimum Gasteiger partial charge on any atom is -0.460 e. The van der Waals surface area contributed by atoms with Crippen LogP contribution in [-0.4, -0.2) is 54.0 Å². The first-order valence-corrected chi connectivity index (χ1v) is 14.0. The molecule has 1 unspecified atom stereocenters. The van der Waals surface area contributed by atoms with Gasteiger partial charge in [-0.25, -0.2) is 0 Å². The Hall–Kier alpha value is -2.41. The van der Waals surface area contributed by atoms with Crippen LogP contribution < -0.4 is 5.32 Å². The molecule has 2 amide bonds. The number of carbonyl (C=O) groups excluding carboxylic acids is 3. The largest absolute Gasteiger partial charge is 0.460 e. The summed E-state index contributed by atoms with van der Waals surface area (Å²) in [6.45, 7) is 11.8. The monoisotopic (exact) mass is 516 g/mol. The Bertz CT molecular complexity index is 836. The number of nitrogens with zero attached hydrogens (tertiary/aromatic N) is 1. The van der Waals surface area contributed by atoms with Crippen molar-refractivity contribution in [2.45, 2.75) is 104 Å². The van der Waals surface area contributed by atoms with Crippen LogP contribution in [0.25, 0.3) is 0 Å². The van der Waals surface area contributed by atoms with Crippen molar-refractivity contribution in [3.8, 4) is 0 Å². The molecule has 0 radical (unpaired) electrons. The number of amides is 2. The lowest BCUT2D eigenvalue weighted by atomic mass is 9.96. The molecule has 1 aromatic rings. The molecule has 7 nitrogen and oxygen atoms in total. The molecule has 208 valence electrons. The van der Waals surface area contributed by atoms with E-state index in [9.17, 15) is 14.4 Å². The Labute approximate surface area is 223 Å². The van der Waals surface area contributed by atoms with E-state index in [4.69, 9.17) is 9.47 Å². The lowest BCUT2D eigenvalue weighted by Gasteiger charge is -2.26. The highest BCUT2D eigenvalue weighted by Gasteiger charge is 2.30. The van der Waals surface area contributed by atoms with Gasteiger partial charge < -0.3 is 19.7 Å². The zero-order chi connectivity index (χ0) is 27.3. The molecule has 3 atom stereocenters. The van der Waals surface area contributed by atoms with E-state index >= 15 is 0 Å². The van der Waals surface area contributed by atoms with Gasteiger partial charge in [0.05, 0.1) is 25.7 Å². The van der Waals surface area contributed by atoms with Gasteiger partial charge in [-0.2, -0.15) is 0 Å². The number of hydrogen-bond acceptors (Lipinski definition) is 5. The molecule has 1 N–H and O–H groups in total. The molecule has 2 rings (SSSR count). The van der Waals surface area contributed by atoms with Gasteiger partial charge in [-0.05, 0) is 51.5 Å². The first-order valence-electron chi connectivity index (χ1n) is 14.0. The van der Waals surface area contributed by atoms with Gasteiger partial charge in [0.1, 0.15) is 5.60 Å². The molecule has 1 aliphatic rings. The summed E-state index contributed by atoms with van der Waals surface area (Å²) in [5, 5.41) is 3.00. The van der Waals surface area contributed by atoms with Gasteiger partial charge in [0.25, 0.3) is 0 Å². The second-order valence-electron chi connectivity index (χ2n) is 11.4. The van der Waals surface area contributed by atoms with Crippen LogP contribution >= 0.6 is 0 Å². The van der Waals surface area contributed by atoms with E-state index in [0.29, 0.717) is 32.6 Å². The number of nitrogens with one attached hydrogen (secondary N) is 1. The maximum absolute atomic E-state index is 13.0. The Morgan fingerprint density at radius 3 is 2.51 bits per heavy atom. The molecule has 0 aromatic heterocycles. The number of benzene rings is 1. The standard InChI is InChI=1S/C30H48N2O5/c1-6-7-9-15-25(19-28(34)37-30(3,4)5)29(35)31-20-23(2)18-27(33)32-17-12-16-26(32)22-36-21-24-13-10-8-11-14-24/h8,10-11,13-14,23,25-26H,6-7,9,12,15-22H2,1-5H3,(H,31,35)/t23-,25?,26-/m0/s1. The van der Waals surface area contributed by atoms with Crippen molar-refractivity contribution >= 4 is 17.8 Å². The van der Waals surface area contributed by atoms with Gasteiger partial charge in [-0.1, -0.05) is 63.4 Å². The summed E-state index contributed by atoms with van der Waals surface area (Å²) in [4.78, 5) is 40.3. The summed E-state index contributed by atoms with van der Waals surface area (Å²) in [5.41, 5.74) is 0.554. The lowest BCUT2D eigenvalue weighted by molar-refractivity contribution is -0.157. The summed E-state index contributed by atoms with van der Waals surface area (Å²) in [7, 11) is 0. The van der Waals surface area contributed by atoms with Crippen LogP contribution in [0.1, 0.15) is 91.5 Å². The molecular formula is C30H48N2O5. The third-order valence-electron chi connectivity index (χ3n) is 6.63. The van der Waals surface area contributed by atoms with E-state index in [-0.39, 0.29) is 36.2 Å². The van der Waals surface area contributed by atoms with Gasteiger partial charge in [-0.3, -0.25) is 14.4 Å². The first kappa shape index (κ1) is 30.8. The zero-order valence-electron chi connectivity index (χ0n) is 23.6. The Balaban J connectivity index is 1.79. The molecule has 1 aromatic carbocycles. The summed E-state index contributed by atoms with van der Waals surface area (Å²) >= 11 is 0. The summed E-state index contributed by atoms with van der Waals surface area (Å²) in [6, 6.07) is 10.2. The molecule has 1 aliphatic heterocycles. The Morgan fingerprint density at radius 2 is 1.84 bits per heavy atom. The fraction of sp³-hybridized carbons (Fsp3) is 0.700. The molecule has 7 heteroatoms. The second-order valence-corrected chi connectivity index (χ2v) is 11.4. The molecular weight excluding hydrogens is 468 g/mol. The highest BCUT2D eigenvalue weighted by atomic mass is 16.6. The third kappa shape index (κ3) is 12.1. The molecule has 0 aliphatic carbocycles. The highest BCUT2D eigenvalue weighted by Crippen LogP contribution is 2.21. The quantitative estimate of drug-likeness (QED) is 0.254. The first-order chi connectivity index (χ1) is 17.6. The van der Waals surface area contributed by atoms with Gasteiger partial charge in [-0.15, -0.1) is 0 Å². The Kier molecular flexibility index (Phi) is 13.1. The van der Waals surface area contributed by atoms with Crippen molar-refractivity contribution in [2.24, 2.45) is 11.8 Å². The lowest BCUT2D eigenvalue weighted by Crippen LogP contribution is -2.40. The second kappa shape index (κ2) is 15.8. The van der Waals surface area contributed by atoms with Crippen LogP contribution in [0.15, 0.2) is 30.3 Å². The highest BCUT2D eigenvalue weighted by molar-refractivity contribution is 5.84. The number of esters is 1. The van der Waals surface area contributed by atoms with Gasteiger partial charge in [0.2, 0.25) is 11.8 Å². The van der Waals surface area contributed by atoms with E-state index in [0.717, 1.165) is 44.2 Å². The smallest absolute Gasteiger partial charge is 0.307 e. The van der Waals surface area contributed by atoms with Crippen molar-refractivity contribution in [3.05, 3.63) is 35.9 Å². The number of hydrogen-bond donors (Lipinski definition) is 1. The van der Waals surface area contributed by atoms with Crippen molar-refractivity contribution in [3.63, 3.8) is 0 Å². The molecule has 0 spiro atoms. The maximum Gasteiger partial charge on any atom is 0.307 e. The van der Waals surface area contributed by atoms with Crippen molar-refractivity contribution < 1.29 is 23.9 Å². The number of rotatable bonds is 15. The van der Waals surface area contributed by atoms with Gasteiger partial charge in [0.15, 0.2) is 0 Å². The Morgan fingerprint density at radius 1 is 1.11 bits per heavy atom. The van der Waals surface area contributed by atoms with Crippen molar-refractivity contribution in [2.75, 3.05) is 19.7 Å². The van der Waals surface area contributed by atoms with Crippen molar-refractivity contribution in [1.82, 2.24) is 10.2 Å². The number of ether oxygens (including phenoxy) is 2. The van der Waals surface area contributed by atoms with Crippen LogP contribution in [0.2, 0.25) is 0 Å². The molecule has 37 heavy (non-hydrogen) atoms. The summed E-state index contributed by atoms with van der Waals surface area (Å²) < 4.78 is 11.4. The molecule has 0 saturated carbocycles. The zero-order valence-corrected chi connectivity index (χ0v) is 23.6. The number of likely N-dealkylation sites (tertiary alicyclic amines) is 1. The average Bonchev–Trinajstić information content (AvgIpc) is 3.30. The topological polar surface area (TPSA) is 84.9 Å². The molecule has 1 fully saturated rings. The van der Waals surface area contributed by atoms with E-state index < -0.39 is 11.5 Å². The minimum atomic E-state index is -0.573. The summed E-state index contributed by atoms with van der Waals surface area (Å²) in [6.07, 6.45) is 6.03. The molecule has 0 bridgehead atoms. The SMILES string of the molecule is CCCCCC(CC(=O)OC(C)(C)C)C(=O)NC[C@@H](C)CC(=O)N1CCC[C@H]1COCc1ccccc1. The van der Waals surface area contributed by atoms with Crippen LogP contribution in [-0.2, 0) is 30.5 Å². The molecule has 1 saturated heterocycles. The van der Waals surface area contributed by atoms with Gasteiger partial charge in [0, 0.05) is 25.4 Å². The maximum atomic E-state index is 13.0. The van der Waals surface area contributed by atoms with E-state index in [2.05, 4.69) is 12.2 Å². The molecule has 1 heterocycles. The van der Waals surface area contributed by atoms with E-state index in [1.54, 1.807) is 0 Å². The number of carbonyl (C=O) groups is 3. The predicted octanol–water partition coefficient (Wildman–Crippen LogP) is 5.26. The third-order valence-corrected chi connectivity index (χ3v) is 6.63. The van der Waals surface area contributed by atoms with Crippen molar-refractivity contribution in [1.29, 1.82) is 0 Å². The predicted molar refractivity (Wildman–Crippen MR) is 146 cm³/mol. The van der Waals surface area contributed by atoms with Gasteiger partial charge >= 0.3 is 5.97 Å². The summed E-state index contributed by atoms with van der Waals surface area (Å²) in [5.74, 6) is -0.771. The van der Waals surface area contributed by atoms with E-state index in [1.165, 1.54) is 0 Å². The van der Waals surface area contributed by atoms with E-state index in [1.807, 2.05) is 62.9 Å².